The van der Waals surface area contributed by atoms with Gasteiger partial charge in [0.1, 0.15) is 0 Å². The molecule has 0 N–H and O–H groups in total. The number of hydrogen-bond acceptors (Lipinski definition) is 2. The van der Waals surface area contributed by atoms with Crippen LogP contribution in [0.15, 0.2) is 46.3 Å². The molecule has 0 amide bonds. The van der Waals surface area contributed by atoms with Crippen LogP contribution in [0, 0.1) is 11.6 Å². The van der Waals surface area contributed by atoms with Crippen molar-refractivity contribution in [3.8, 4) is 11.3 Å². The Morgan fingerprint density at radius 1 is 1.04 bits per heavy atom. The zero-order valence-electron chi connectivity index (χ0n) is 13.1. The molecule has 1 aromatic heterocycles. The van der Waals surface area contributed by atoms with Crippen molar-refractivity contribution in [2.45, 2.75) is 27.1 Å². The number of benzene rings is 2. The fraction of sp³-hybridized carbons (Fsp3) is 0.167. The second-order valence-corrected chi connectivity index (χ2v) is 18.6. The van der Waals surface area contributed by atoms with E-state index in [0.717, 1.165) is 21.7 Å². The third kappa shape index (κ3) is 2.39. The van der Waals surface area contributed by atoms with Crippen LogP contribution in [0.2, 0.25) is 17.3 Å². The Morgan fingerprint density at radius 2 is 1.83 bits per heavy atom. The van der Waals surface area contributed by atoms with Crippen LogP contribution >= 0.6 is 11.8 Å². The average Bonchev–Trinajstić information content (AvgIpc) is 2.47. The number of hydrogen-bond donors (Lipinski definition) is 0. The van der Waals surface area contributed by atoms with Crippen LogP contribution in [-0.2, 0) is 0 Å². The van der Waals surface area contributed by atoms with Crippen LogP contribution in [0.5, 0.6) is 0 Å². The minimum atomic E-state index is -2.01. The molecule has 1 aliphatic heterocycles. The summed E-state index contributed by atoms with van der Waals surface area (Å²) in [4.78, 5) is 5.92. The van der Waals surface area contributed by atoms with E-state index in [9.17, 15) is 8.78 Å². The van der Waals surface area contributed by atoms with Gasteiger partial charge in [0.05, 0.1) is 0 Å². The van der Waals surface area contributed by atoms with E-state index >= 15 is 0 Å². The van der Waals surface area contributed by atoms with Crippen LogP contribution in [0.25, 0.3) is 22.0 Å². The summed E-state index contributed by atoms with van der Waals surface area (Å²) >= 11 is -0.626. The molecule has 2 heterocycles. The first kappa shape index (κ1) is 15.1. The Bertz CT molecular complexity index is 963. The zero-order chi connectivity index (χ0) is 16.4. The molecule has 0 bridgehead atoms. The van der Waals surface area contributed by atoms with E-state index in [1.165, 1.54) is 22.2 Å². The second kappa shape index (κ2) is 5.05. The van der Waals surface area contributed by atoms with Crippen LogP contribution in [-0.4, -0.2) is 18.3 Å². The Labute approximate surface area is 140 Å². The van der Waals surface area contributed by atoms with Crippen molar-refractivity contribution < 1.29 is 8.78 Å². The Hall–Kier alpha value is -1.40. The van der Waals surface area contributed by atoms with E-state index in [4.69, 9.17) is 0 Å². The van der Waals surface area contributed by atoms with Crippen LogP contribution in [0.3, 0.4) is 0 Å². The zero-order valence-corrected chi connectivity index (χ0v) is 16.0. The van der Waals surface area contributed by atoms with E-state index in [2.05, 4.69) is 34.4 Å². The molecule has 5 heteroatoms. The third-order valence-corrected chi connectivity index (χ3v) is 9.57. The van der Waals surface area contributed by atoms with Crippen LogP contribution in [0.1, 0.15) is 0 Å². The third-order valence-electron chi connectivity index (χ3n) is 4.17. The molecule has 116 valence electrons. The molecular formula is C18H15F2GeNS. The summed E-state index contributed by atoms with van der Waals surface area (Å²) in [6.45, 7) is 0. The fourth-order valence-electron chi connectivity index (χ4n) is 2.95. The summed E-state index contributed by atoms with van der Waals surface area (Å²) < 4.78 is 29.3. The normalized spacial score (nSPS) is 13.3. The molecule has 1 aliphatic rings. The molecule has 2 aromatic carbocycles. The Balaban J connectivity index is 2.10. The van der Waals surface area contributed by atoms with Gasteiger partial charge < -0.3 is 0 Å². The van der Waals surface area contributed by atoms with Gasteiger partial charge in [0.2, 0.25) is 0 Å². The van der Waals surface area contributed by atoms with Crippen molar-refractivity contribution in [2.75, 3.05) is 0 Å². The number of fused-ring (bicyclic) bond motifs is 2. The van der Waals surface area contributed by atoms with Crippen LogP contribution < -0.4 is 4.40 Å². The first-order valence-electron chi connectivity index (χ1n) is 7.45. The van der Waals surface area contributed by atoms with Gasteiger partial charge in [0.25, 0.3) is 0 Å². The number of nitrogens with zero attached hydrogens (tertiary/aromatic N) is 1. The quantitative estimate of drug-likeness (QED) is 0.417. The molecule has 0 spiro atoms. The van der Waals surface area contributed by atoms with Gasteiger partial charge in [0.15, 0.2) is 0 Å². The second-order valence-electron chi connectivity index (χ2n) is 6.85. The van der Waals surface area contributed by atoms with Gasteiger partial charge in [-0.1, -0.05) is 0 Å². The monoisotopic (exact) mass is 389 g/mol. The van der Waals surface area contributed by atoms with Gasteiger partial charge >= 0.3 is 140 Å². The standard InChI is InChI=1S/C18H15F2GeNS/c1-21(2,3)12-6-10-4-5-22-17-13-7-11(19)8-14(20)18(13)23-15(9-12)16(10)17/h4-9H,1-3H3. The summed E-state index contributed by atoms with van der Waals surface area (Å²) in [5.41, 5.74) is 1.23. The van der Waals surface area contributed by atoms with Gasteiger partial charge in [-0.05, 0) is 0 Å². The summed E-state index contributed by atoms with van der Waals surface area (Å²) in [6, 6.07) is 8.73. The molecule has 0 saturated heterocycles. The average molecular weight is 388 g/mol. The van der Waals surface area contributed by atoms with Crippen molar-refractivity contribution >= 4 is 40.2 Å². The molecule has 0 radical (unpaired) electrons. The fourth-order valence-corrected chi connectivity index (χ4v) is 6.76. The molecule has 4 rings (SSSR count). The van der Waals surface area contributed by atoms with E-state index in [1.807, 2.05) is 6.07 Å². The summed E-state index contributed by atoms with van der Waals surface area (Å²) in [7, 11) is 0. The molecular weight excluding hydrogens is 373 g/mol. The molecule has 0 aliphatic carbocycles. The predicted octanol–water partition coefficient (Wildman–Crippen LogP) is 5.19. The van der Waals surface area contributed by atoms with E-state index in [-0.39, 0.29) is 0 Å². The summed E-state index contributed by atoms with van der Waals surface area (Å²) in [6.07, 6.45) is 1.73. The summed E-state index contributed by atoms with van der Waals surface area (Å²) in [5, 5.41) is 2.11. The number of halogens is 2. The number of aromatic nitrogens is 1. The van der Waals surface area contributed by atoms with Gasteiger partial charge in [-0.3, -0.25) is 0 Å². The van der Waals surface area contributed by atoms with Crippen molar-refractivity contribution in [1.29, 1.82) is 0 Å². The first-order chi connectivity index (χ1) is 10.8. The van der Waals surface area contributed by atoms with Gasteiger partial charge in [-0.25, -0.2) is 0 Å². The van der Waals surface area contributed by atoms with Crippen LogP contribution in [0.4, 0.5) is 8.78 Å². The molecule has 3 aromatic rings. The number of rotatable bonds is 1. The first-order valence-corrected chi connectivity index (χ1v) is 15.6. The van der Waals surface area contributed by atoms with Gasteiger partial charge in [-0.2, -0.15) is 0 Å². The van der Waals surface area contributed by atoms with Crippen molar-refractivity contribution in [3.05, 3.63) is 48.2 Å². The summed E-state index contributed by atoms with van der Waals surface area (Å²) in [5.74, 6) is 5.94. The van der Waals surface area contributed by atoms with Gasteiger partial charge in [0, 0.05) is 0 Å². The molecule has 0 fully saturated rings. The van der Waals surface area contributed by atoms with E-state index in [1.54, 1.807) is 6.20 Å². The molecule has 0 atom stereocenters. The number of pyridine rings is 1. The Morgan fingerprint density at radius 3 is 2.57 bits per heavy atom. The van der Waals surface area contributed by atoms with E-state index < -0.39 is 24.9 Å². The predicted molar refractivity (Wildman–Crippen MR) is 94.2 cm³/mol. The molecule has 23 heavy (non-hydrogen) atoms. The van der Waals surface area contributed by atoms with Crippen molar-refractivity contribution in [1.82, 2.24) is 4.98 Å². The maximum absolute atomic E-state index is 14.3. The molecule has 1 nitrogen and oxygen atoms in total. The maximum atomic E-state index is 14.3. The minimum absolute atomic E-state index is 0.470. The van der Waals surface area contributed by atoms with Gasteiger partial charge in [-0.15, -0.1) is 0 Å². The molecule has 0 saturated carbocycles. The van der Waals surface area contributed by atoms with E-state index in [0.29, 0.717) is 16.2 Å². The Kier molecular flexibility index (Phi) is 3.32. The van der Waals surface area contributed by atoms with Crippen molar-refractivity contribution in [2.24, 2.45) is 0 Å². The topological polar surface area (TPSA) is 12.9 Å². The molecule has 0 unspecified atom stereocenters. The van der Waals surface area contributed by atoms with Crippen molar-refractivity contribution in [3.63, 3.8) is 0 Å². The SMILES string of the molecule is [CH3][Ge]([CH3])([CH3])[c]1cc2c3c(nccc3c1)-c1cc(F)cc(F)c1S2.